The third-order valence-corrected chi connectivity index (χ3v) is 4.52. The Bertz CT molecular complexity index is 890. The van der Waals surface area contributed by atoms with Crippen molar-refractivity contribution in [3.05, 3.63) is 65.0 Å². The van der Waals surface area contributed by atoms with Gasteiger partial charge in [-0.3, -0.25) is 9.59 Å². The molecule has 0 spiro atoms. The molecule has 0 radical (unpaired) electrons. The number of amides is 2. The maximum Gasteiger partial charge on any atom is 0.408 e. The lowest BCUT2D eigenvalue weighted by atomic mass is 10.00. The van der Waals surface area contributed by atoms with Gasteiger partial charge in [0.1, 0.15) is 18.5 Å². The van der Waals surface area contributed by atoms with Crippen molar-refractivity contribution in [2.75, 3.05) is 5.32 Å². The van der Waals surface area contributed by atoms with Crippen LogP contribution >= 0.6 is 11.6 Å². The van der Waals surface area contributed by atoms with Crippen molar-refractivity contribution in [1.29, 1.82) is 0 Å². The van der Waals surface area contributed by atoms with Crippen LogP contribution in [0.5, 0.6) is 0 Å². The summed E-state index contributed by atoms with van der Waals surface area (Å²) >= 11 is 5.60. The SMILES string of the molecule is CC(=O)Nc1cc(F)c(C)c(CC[C@@H](NC(=O)OCc2ccccc2)C(=O)Cl)c1. The molecule has 0 saturated heterocycles. The van der Waals surface area contributed by atoms with Crippen molar-refractivity contribution in [2.45, 2.75) is 39.3 Å². The summed E-state index contributed by atoms with van der Waals surface area (Å²) < 4.78 is 19.2. The predicted molar refractivity (Wildman–Crippen MR) is 108 cm³/mol. The van der Waals surface area contributed by atoms with E-state index >= 15 is 0 Å². The second-order valence-electron chi connectivity index (χ2n) is 6.52. The number of carbonyl (C=O) groups excluding carboxylic acids is 3. The van der Waals surface area contributed by atoms with Crippen LogP contribution in [0.1, 0.15) is 30.0 Å². The van der Waals surface area contributed by atoms with Gasteiger partial charge < -0.3 is 15.4 Å². The molecule has 29 heavy (non-hydrogen) atoms. The van der Waals surface area contributed by atoms with Gasteiger partial charge in [0.25, 0.3) is 0 Å². The van der Waals surface area contributed by atoms with Crippen LogP contribution in [0.4, 0.5) is 14.9 Å². The predicted octanol–water partition coefficient (Wildman–Crippen LogP) is 4.09. The summed E-state index contributed by atoms with van der Waals surface area (Å²) in [6.45, 7) is 2.98. The number of aryl methyl sites for hydroxylation is 1. The molecule has 0 saturated carbocycles. The Morgan fingerprint density at radius 3 is 2.48 bits per heavy atom. The van der Waals surface area contributed by atoms with Gasteiger partial charge in [-0.2, -0.15) is 0 Å². The van der Waals surface area contributed by atoms with Crippen molar-refractivity contribution < 1.29 is 23.5 Å². The average molecular weight is 421 g/mol. The summed E-state index contributed by atoms with van der Waals surface area (Å²) in [5.41, 5.74) is 2.11. The quantitative estimate of drug-likeness (QED) is 0.630. The Morgan fingerprint density at radius 1 is 1.17 bits per heavy atom. The molecule has 6 nitrogen and oxygen atoms in total. The average Bonchev–Trinajstić information content (AvgIpc) is 2.67. The Morgan fingerprint density at radius 2 is 1.86 bits per heavy atom. The largest absolute Gasteiger partial charge is 0.445 e. The summed E-state index contributed by atoms with van der Waals surface area (Å²) in [6, 6.07) is 10.9. The molecule has 0 aliphatic heterocycles. The molecule has 0 fully saturated rings. The normalized spacial score (nSPS) is 11.4. The maximum atomic E-state index is 14.1. The summed E-state index contributed by atoms with van der Waals surface area (Å²) in [4.78, 5) is 34.9. The molecular weight excluding hydrogens is 399 g/mol. The molecule has 8 heteroatoms. The number of hydrogen-bond donors (Lipinski definition) is 2. The number of benzene rings is 2. The lowest BCUT2D eigenvalue weighted by Gasteiger charge is -2.16. The van der Waals surface area contributed by atoms with E-state index in [9.17, 15) is 18.8 Å². The van der Waals surface area contributed by atoms with Gasteiger partial charge in [0.15, 0.2) is 0 Å². The molecule has 1 atom stereocenters. The van der Waals surface area contributed by atoms with Crippen LogP contribution in [-0.4, -0.2) is 23.3 Å². The highest BCUT2D eigenvalue weighted by molar-refractivity contribution is 6.64. The number of rotatable bonds is 8. The molecule has 0 bridgehead atoms. The molecular formula is C21H22ClFN2O4. The van der Waals surface area contributed by atoms with Crippen molar-refractivity contribution in [2.24, 2.45) is 0 Å². The first-order valence-corrected chi connectivity index (χ1v) is 9.37. The van der Waals surface area contributed by atoms with Crippen LogP contribution in [0.3, 0.4) is 0 Å². The number of anilines is 1. The zero-order valence-electron chi connectivity index (χ0n) is 16.1. The lowest BCUT2D eigenvalue weighted by Crippen LogP contribution is -2.39. The Hall–Kier alpha value is -2.93. The van der Waals surface area contributed by atoms with E-state index in [4.69, 9.17) is 16.3 Å². The highest BCUT2D eigenvalue weighted by Crippen LogP contribution is 2.21. The molecule has 2 aromatic rings. The molecule has 0 unspecified atom stereocenters. The number of nitrogens with one attached hydrogen (secondary N) is 2. The highest BCUT2D eigenvalue weighted by atomic mass is 35.5. The third-order valence-electron chi connectivity index (χ3n) is 4.25. The first-order valence-electron chi connectivity index (χ1n) is 8.99. The second kappa shape index (κ2) is 10.6. The van der Waals surface area contributed by atoms with Crippen LogP contribution < -0.4 is 10.6 Å². The molecule has 154 valence electrons. The van der Waals surface area contributed by atoms with E-state index in [2.05, 4.69) is 10.6 Å². The molecule has 2 rings (SSSR count). The van der Waals surface area contributed by atoms with Crippen molar-refractivity contribution in [3.8, 4) is 0 Å². The van der Waals surface area contributed by atoms with Crippen LogP contribution in [0.15, 0.2) is 42.5 Å². The number of carbonyl (C=O) groups is 3. The fourth-order valence-corrected chi connectivity index (χ4v) is 2.88. The minimum absolute atomic E-state index is 0.0545. The molecule has 0 heterocycles. The number of ether oxygens (including phenoxy) is 1. The van der Waals surface area contributed by atoms with Gasteiger partial charge in [-0.05, 0) is 60.2 Å². The van der Waals surface area contributed by atoms with E-state index in [-0.39, 0.29) is 25.4 Å². The van der Waals surface area contributed by atoms with Gasteiger partial charge in [0.2, 0.25) is 11.1 Å². The van der Waals surface area contributed by atoms with Crippen LogP contribution in [0.2, 0.25) is 0 Å². The molecule has 2 aromatic carbocycles. The Kier molecular flexibility index (Phi) is 8.15. The number of halogens is 2. The van der Waals surface area contributed by atoms with Gasteiger partial charge in [0, 0.05) is 12.6 Å². The zero-order chi connectivity index (χ0) is 21.4. The van der Waals surface area contributed by atoms with Crippen LogP contribution in [0, 0.1) is 12.7 Å². The monoisotopic (exact) mass is 420 g/mol. The number of hydrogen-bond acceptors (Lipinski definition) is 4. The molecule has 0 aliphatic rings. The van der Waals surface area contributed by atoms with Crippen molar-refractivity contribution >= 4 is 34.5 Å². The van der Waals surface area contributed by atoms with Gasteiger partial charge in [-0.15, -0.1) is 0 Å². The smallest absolute Gasteiger partial charge is 0.408 e. The molecule has 2 N–H and O–H groups in total. The van der Waals surface area contributed by atoms with Gasteiger partial charge in [-0.25, -0.2) is 9.18 Å². The Labute approximate surface area is 173 Å². The van der Waals surface area contributed by atoms with Crippen LogP contribution in [-0.2, 0) is 27.4 Å². The summed E-state index contributed by atoms with van der Waals surface area (Å²) in [6.07, 6.45) is -0.368. The van der Waals surface area contributed by atoms with E-state index in [0.717, 1.165) is 5.56 Å². The van der Waals surface area contributed by atoms with Gasteiger partial charge in [-0.1, -0.05) is 30.3 Å². The molecule has 2 amide bonds. The minimum Gasteiger partial charge on any atom is -0.445 e. The minimum atomic E-state index is -0.994. The third kappa shape index (κ3) is 7.19. The first kappa shape index (κ1) is 22.4. The van der Waals surface area contributed by atoms with E-state index in [1.165, 1.54) is 13.0 Å². The van der Waals surface area contributed by atoms with E-state index < -0.39 is 23.2 Å². The highest BCUT2D eigenvalue weighted by Gasteiger charge is 2.20. The fraction of sp³-hybridized carbons (Fsp3) is 0.286. The second-order valence-corrected chi connectivity index (χ2v) is 6.90. The van der Waals surface area contributed by atoms with Crippen molar-refractivity contribution in [3.63, 3.8) is 0 Å². The summed E-state index contributed by atoms with van der Waals surface area (Å²) in [7, 11) is 0. The van der Waals surface area contributed by atoms with E-state index in [0.29, 0.717) is 16.8 Å². The number of alkyl carbamates (subject to hydrolysis) is 1. The van der Waals surface area contributed by atoms with Crippen molar-refractivity contribution in [1.82, 2.24) is 5.32 Å². The van der Waals surface area contributed by atoms with Crippen LogP contribution in [0.25, 0.3) is 0 Å². The lowest BCUT2D eigenvalue weighted by molar-refractivity contribution is -0.114. The topological polar surface area (TPSA) is 84.5 Å². The standard InChI is InChI=1S/C21H22ClFN2O4/c1-13-16(10-17(11-18(13)23)24-14(2)26)8-9-19(20(22)27)25-21(28)29-12-15-6-4-3-5-7-15/h3-7,10-11,19H,8-9,12H2,1-2H3,(H,24,26)(H,25,28)/t19-/m1/s1. The van der Waals surface area contributed by atoms with Gasteiger partial charge in [0.05, 0.1) is 0 Å². The first-order chi connectivity index (χ1) is 13.8. The van der Waals surface area contributed by atoms with Gasteiger partial charge >= 0.3 is 6.09 Å². The van der Waals surface area contributed by atoms with E-state index in [1.54, 1.807) is 25.1 Å². The summed E-state index contributed by atoms with van der Waals surface area (Å²) in [5, 5.41) is 4.21. The molecule has 0 aromatic heterocycles. The Balaban J connectivity index is 1.98. The summed E-state index contributed by atoms with van der Waals surface area (Å²) in [5.74, 6) is -0.800. The molecule has 0 aliphatic carbocycles. The van der Waals surface area contributed by atoms with E-state index in [1.807, 2.05) is 18.2 Å². The maximum absolute atomic E-state index is 14.1. The zero-order valence-corrected chi connectivity index (χ0v) is 16.9. The fourth-order valence-electron chi connectivity index (χ4n) is 2.72.